The average molecular weight is 724 g/mol. The van der Waals surface area contributed by atoms with Crippen LogP contribution in [0.3, 0.4) is 0 Å². The number of methoxy groups -OCH3 is 2. The molecule has 0 saturated heterocycles. The zero-order chi connectivity index (χ0) is 38.8. The quantitative estimate of drug-likeness (QED) is 0.121. The molecule has 0 aromatic rings. The highest BCUT2D eigenvalue weighted by atomic mass is 16.7. The number of rotatable bonds is 18. The highest BCUT2D eigenvalue weighted by Gasteiger charge is 2.41. The van der Waals surface area contributed by atoms with Crippen molar-refractivity contribution >= 4 is 48.3 Å². The van der Waals surface area contributed by atoms with Gasteiger partial charge in [-0.2, -0.15) is 0 Å². The molecule has 0 aromatic heterocycles. The predicted molar refractivity (Wildman–Crippen MR) is 166 cm³/mol. The summed E-state index contributed by atoms with van der Waals surface area (Å²) in [5, 5.41) is 2.36. The average Bonchev–Trinajstić information content (AvgIpc) is 3.02. The normalized spacial score (nSPS) is 13.5. The Kier molecular flexibility index (Phi) is 18.6. The minimum Gasteiger partial charge on any atom is -0.464 e. The second-order valence-electron chi connectivity index (χ2n) is 13.2. The van der Waals surface area contributed by atoms with E-state index >= 15 is 0 Å². The van der Waals surface area contributed by atoms with Crippen molar-refractivity contribution in [2.24, 2.45) is 10.8 Å². The Hall–Kier alpha value is -4.84. The number of alkyl carbamates (subject to hydrolysis) is 1. The monoisotopic (exact) mass is 723 g/mol. The Morgan fingerprint density at radius 2 is 0.880 bits per heavy atom. The molecule has 286 valence electrons. The van der Waals surface area contributed by atoms with Crippen LogP contribution in [0.5, 0.6) is 0 Å². The molecule has 19 nitrogen and oxygen atoms in total. The van der Waals surface area contributed by atoms with Crippen LogP contribution in [0.15, 0.2) is 0 Å². The van der Waals surface area contributed by atoms with Crippen LogP contribution in [0.25, 0.3) is 0 Å². The molecule has 50 heavy (non-hydrogen) atoms. The Morgan fingerprint density at radius 3 is 1.26 bits per heavy atom. The molecular weight excluding hydrogens is 674 g/mol. The lowest BCUT2D eigenvalue weighted by Gasteiger charge is -2.26. The standard InChI is InChI=1S/C31H49NO18/c1-28(2,3)49-21(34)14-43-23(36)30(7,18-47-26(39)41-9)16-45-20(33)12-11-13-32-25(38)46-17-31(8,19-48-27(40)42-10)24(37)44-15-22(35)50-29(4,5)6/h11-19H2,1-10H3,(H,32,38). The molecule has 19 heteroatoms. The lowest BCUT2D eigenvalue weighted by atomic mass is 9.93. The van der Waals surface area contributed by atoms with E-state index in [1.807, 2.05) is 0 Å². The second-order valence-corrected chi connectivity index (χ2v) is 13.2. The van der Waals surface area contributed by atoms with Crippen LogP contribution in [0.2, 0.25) is 0 Å². The van der Waals surface area contributed by atoms with Gasteiger partial charge >= 0.3 is 48.3 Å². The number of amides is 1. The molecule has 1 amide bonds. The van der Waals surface area contributed by atoms with Gasteiger partial charge in [0.1, 0.15) is 48.5 Å². The molecule has 2 unspecified atom stereocenters. The lowest BCUT2D eigenvalue weighted by molar-refractivity contribution is -0.176. The van der Waals surface area contributed by atoms with Gasteiger partial charge in [-0.1, -0.05) is 0 Å². The number of carbonyl (C=O) groups is 8. The van der Waals surface area contributed by atoms with E-state index in [4.69, 9.17) is 37.9 Å². The van der Waals surface area contributed by atoms with Gasteiger partial charge in [-0.15, -0.1) is 0 Å². The Morgan fingerprint density at radius 1 is 0.500 bits per heavy atom. The van der Waals surface area contributed by atoms with Crippen LogP contribution >= 0.6 is 0 Å². The van der Waals surface area contributed by atoms with Gasteiger partial charge in [0.15, 0.2) is 13.2 Å². The van der Waals surface area contributed by atoms with E-state index in [1.54, 1.807) is 41.5 Å². The number of esters is 5. The van der Waals surface area contributed by atoms with Gasteiger partial charge in [-0.3, -0.25) is 14.4 Å². The molecule has 0 aliphatic heterocycles. The molecule has 0 bridgehead atoms. The van der Waals surface area contributed by atoms with Crippen LogP contribution < -0.4 is 5.32 Å². The van der Waals surface area contributed by atoms with Crippen LogP contribution in [0.4, 0.5) is 14.4 Å². The van der Waals surface area contributed by atoms with Crippen molar-refractivity contribution in [1.82, 2.24) is 5.32 Å². The van der Waals surface area contributed by atoms with Crippen molar-refractivity contribution in [3.63, 3.8) is 0 Å². The smallest absolute Gasteiger partial charge is 0.464 e. The first kappa shape index (κ1) is 45.2. The van der Waals surface area contributed by atoms with Crippen molar-refractivity contribution in [2.45, 2.75) is 79.4 Å². The van der Waals surface area contributed by atoms with Gasteiger partial charge in [0.25, 0.3) is 0 Å². The molecular formula is C31H49NO18. The first-order chi connectivity index (χ1) is 22.9. The van der Waals surface area contributed by atoms with Gasteiger partial charge in [-0.25, -0.2) is 24.0 Å². The largest absolute Gasteiger partial charge is 0.508 e. The third-order valence-electron chi connectivity index (χ3n) is 5.72. The molecule has 0 radical (unpaired) electrons. The molecule has 0 saturated carbocycles. The van der Waals surface area contributed by atoms with Crippen molar-refractivity contribution in [1.29, 1.82) is 0 Å². The van der Waals surface area contributed by atoms with Gasteiger partial charge in [0.05, 0.1) is 14.2 Å². The van der Waals surface area contributed by atoms with Gasteiger partial charge < -0.3 is 52.7 Å². The lowest BCUT2D eigenvalue weighted by Crippen LogP contribution is -2.42. The second kappa shape index (κ2) is 20.6. The third kappa shape index (κ3) is 19.9. The van der Waals surface area contributed by atoms with Crippen molar-refractivity contribution in [2.75, 3.05) is 60.4 Å². The van der Waals surface area contributed by atoms with Crippen LogP contribution in [-0.4, -0.2) is 120 Å². The minimum absolute atomic E-state index is 0.0348. The summed E-state index contributed by atoms with van der Waals surface area (Å²) in [7, 11) is 2.09. The van der Waals surface area contributed by atoms with E-state index in [1.165, 1.54) is 13.8 Å². The molecule has 0 aliphatic rings. The fraction of sp³-hybridized carbons (Fsp3) is 0.742. The van der Waals surface area contributed by atoms with E-state index < -0.39 is 110 Å². The Bertz CT molecular complexity index is 1110. The van der Waals surface area contributed by atoms with E-state index in [2.05, 4.69) is 14.8 Å². The molecule has 2 atom stereocenters. The SMILES string of the molecule is COC(=O)OCC(C)(COC(=O)CCCNC(=O)OCC(C)(COC(=O)OC)C(=O)OCC(=O)OC(C)(C)C)C(=O)OCC(=O)OC(C)(C)C. The Balaban J connectivity index is 5.04. The molecule has 0 aromatic carbocycles. The maximum Gasteiger partial charge on any atom is 0.508 e. The zero-order valence-corrected chi connectivity index (χ0v) is 30.2. The van der Waals surface area contributed by atoms with Crippen molar-refractivity contribution < 1.29 is 85.7 Å². The van der Waals surface area contributed by atoms with Gasteiger partial charge in [-0.05, 0) is 61.8 Å². The molecule has 0 spiro atoms. The summed E-state index contributed by atoms with van der Waals surface area (Å²) in [6, 6.07) is 0. The molecule has 0 aliphatic carbocycles. The molecule has 1 N–H and O–H groups in total. The number of carbonyl (C=O) groups excluding carboxylic acids is 8. The van der Waals surface area contributed by atoms with Crippen molar-refractivity contribution in [3.05, 3.63) is 0 Å². The van der Waals surface area contributed by atoms with E-state index in [-0.39, 0.29) is 19.4 Å². The Labute approximate surface area is 290 Å². The summed E-state index contributed by atoms with van der Waals surface area (Å²) in [5.41, 5.74) is -5.15. The summed E-state index contributed by atoms with van der Waals surface area (Å²) in [4.78, 5) is 97.1. The summed E-state index contributed by atoms with van der Waals surface area (Å²) in [6.45, 7) is 8.13. The molecule has 0 heterocycles. The topological polar surface area (TPSA) is 241 Å². The van der Waals surface area contributed by atoms with Gasteiger partial charge in [0, 0.05) is 13.0 Å². The fourth-order valence-electron chi connectivity index (χ4n) is 3.22. The number of hydrogen-bond acceptors (Lipinski definition) is 18. The number of ether oxygens (including phenoxy) is 10. The first-order valence-electron chi connectivity index (χ1n) is 15.2. The zero-order valence-electron chi connectivity index (χ0n) is 30.2. The van der Waals surface area contributed by atoms with Crippen LogP contribution in [0.1, 0.15) is 68.2 Å². The summed E-state index contributed by atoms with van der Waals surface area (Å²) in [6.07, 6.45) is -3.46. The van der Waals surface area contributed by atoms with Gasteiger partial charge in [0.2, 0.25) is 0 Å². The highest BCUT2D eigenvalue weighted by Crippen LogP contribution is 2.22. The number of hydrogen-bond donors (Lipinski definition) is 1. The van der Waals surface area contributed by atoms with E-state index in [9.17, 15) is 38.4 Å². The van der Waals surface area contributed by atoms with Crippen molar-refractivity contribution in [3.8, 4) is 0 Å². The van der Waals surface area contributed by atoms with E-state index in [0.717, 1.165) is 14.2 Å². The summed E-state index contributed by atoms with van der Waals surface area (Å²) < 4.78 is 48.8. The van der Waals surface area contributed by atoms with Crippen LogP contribution in [0, 0.1) is 10.8 Å². The third-order valence-corrected chi connectivity index (χ3v) is 5.72. The predicted octanol–water partition coefficient (Wildman–Crippen LogP) is 2.38. The summed E-state index contributed by atoms with van der Waals surface area (Å²) >= 11 is 0. The highest BCUT2D eigenvalue weighted by molar-refractivity contribution is 5.82. The number of nitrogens with one attached hydrogen (secondary N) is 1. The first-order valence-corrected chi connectivity index (χ1v) is 15.2. The fourth-order valence-corrected chi connectivity index (χ4v) is 3.22. The maximum absolute atomic E-state index is 12.8. The molecule has 0 rings (SSSR count). The summed E-state index contributed by atoms with van der Waals surface area (Å²) in [5.74, 6) is -4.54. The van der Waals surface area contributed by atoms with Crippen LogP contribution in [-0.2, 0) is 71.3 Å². The molecule has 0 fully saturated rings. The van der Waals surface area contributed by atoms with E-state index in [0.29, 0.717) is 0 Å². The minimum atomic E-state index is -1.75. The maximum atomic E-state index is 12.8.